The molecular formula is C17H27NO4S. The van der Waals surface area contributed by atoms with Crippen LogP contribution in [0.25, 0.3) is 0 Å². The number of hydrogen-bond donors (Lipinski definition) is 1. The molecule has 0 spiro atoms. The average molecular weight is 341 g/mol. The monoisotopic (exact) mass is 341 g/mol. The smallest absolute Gasteiger partial charge is 0.289 e. The van der Waals surface area contributed by atoms with Gasteiger partial charge in [0.1, 0.15) is 0 Å². The lowest BCUT2D eigenvalue weighted by Gasteiger charge is -2.29. The molecule has 0 fully saturated rings. The minimum Gasteiger partial charge on any atom is -0.289 e. The van der Waals surface area contributed by atoms with Gasteiger partial charge in [-0.05, 0) is 18.9 Å². The van der Waals surface area contributed by atoms with Crippen molar-refractivity contribution < 1.29 is 17.2 Å². The van der Waals surface area contributed by atoms with Crippen LogP contribution >= 0.6 is 0 Å². The summed E-state index contributed by atoms with van der Waals surface area (Å²) in [5.41, 5.74) is 1.37. The van der Waals surface area contributed by atoms with Crippen molar-refractivity contribution in [2.24, 2.45) is 0 Å². The lowest BCUT2D eigenvalue weighted by atomic mass is 10.0. The molecule has 0 aliphatic rings. The molecule has 0 aliphatic carbocycles. The van der Waals surface area contributed by atoms with Crippen molar-refractivity contribution in [1.29, 1.82) is 0 Å². The Morgan fingerprint density at radius 3 is 2.00 bits per heavy atom. The Morgan fingerprint density at radius 2 is 1.70 bits per heavy atom. The molecule has 23 heavy (non-hydrogen) atoms. The molecule has 0 aromatic heterocycles. The first-order valence-corrected chi connectivity index (χ1v) is 8.88. The summed E-state index contributed by atoms with van der Waals surface area (Å²) in [5.74, 6) is 0. The molecule has 130 valence electrons. The summed E-state index contributed by atoms with van der Waals surface area (Å²) in [6.45, 7) is 13.1. The molecule has 0 saturated heterocycles. The number of hydrogen-bond acceptors (Lipinski definition) is 4. The number of nitrogens with zero attached hydrogens (tertiary/aromatic N) is 1. The molecule has 1 atom stereocenters. The molecule has 5 nitrogen and oxygen atoms in total. The van der Waals surface area contributed by atoms with Crippen LogP contribution in [0.1, 0.15) is 31.9 Å². The molecule has 1 aromatic carbocycles. The minimum absolute atomic E-state index is 0.0289. The van der Waals surface area contributed by atoms with Crippen LogP contribution in [-0.2, 0) is 14.6 Å². The van der Waals surface area contributed by atoms with Crippen LogP contribution in [0.5, 0.6) is 0 Å². The standard InChI is InChI=1S/C15H21N.C2H6O4S/c1-4-12-16(13-5-2)15(6-3)14-10-8-7-9-11-14;1-2-6-7(3,4)5/h4-5,7-11,15H,1-2,6,12-13H2,3H3;2H2,1H3,(H,3,4,5). The fourth-order valence-corrected chi connectivity index (χ4v) is 2.49. The Bertz CT molecular complexity index is 533. The Hall–Kier alpha value is -1.47. The van der Waals surface area contributed by atoms with Crippen molar-refractivity contribution in [1.82, 2.24) is 4.90 Å². The van der Waals surface area contributed by atoms with Gasteiger partial charge in [0.05, 0.1) is 6.61 Å². The second-order valence-electron chi connectivity index (χ2n) is 4.70. The van der Waals surface area contributed by atoms with Gasteiger partial charge in [-0.25, -0.2) is 4.18 Å². The molecule has 1 N–H and O–H groups in total. The maximum absolute atomic E-state index is 9.56. The van der Waals surface area contributed by atoms with E-state index in [2.05, 4.69) is 59.5 Å². The third kappa shape index (κ3) is 10.0. The quantitative estimate of drug-likeness (QED) is 0.549. The molecule has 0 bridgehead atoms. The number of benzene rings is 1. The highest BCUT2D eigenvalue weighted by Gasteiger charge is 2.15. The summed E-state index contributed by atoms with van der Waals surface area (Å²) in [7, 11) is -4.17. The molecule has 0 radical (unpaired) electrons. The maximum atomic E-state index is 9.56. The highest BCUT2D eigenvalue weighted by molar-refractivity contribution is 7.80. The van der Waals surface area contributed by atoms with Crippen LogP contribution in [-0.4, -0.2) is 37.6 Å². The lowest BCUT2D eigenvalue weighted by Crippen LogP contribution is -2.28. The first kappa shape index (κ1) is 21.5. The van der Waals surface area contributed by atoms with Gasteiger partial charge in [0.2, 0.25) is 0 Å². The molecule has 0 amide bonds. The van der Waals surface area contributed by atoms with E-state index in [1.807, 2.05) is 12.2 Å². The van der Waals surface area contributed by atoms with Gasteiger partial charge in [0.25, 0.3) is 0 Å². The van der Waals surface area contributed by atoms with Crippen LogP contribution < -0.4 is 0 Å². The van der Waals surface area contributed by atoms with Gasteiger partial charge in [0.15, 0.2) is 0 Å². The van der Waals surface area contributed by atoms with E-state index < -0.39 is 10.4 Å². The Balaban J connectivity index is 0.000000585. The van der Waals surface area contributed by atoms with Crippen molar-refractivity contribution in [2.45, 2.75) is 26.3 Å². The van der Waals surface area contributed by atoms with Crippen molar-refractivity contribution in [3.8, 4) is 0 Å². The third-order valence-corrected chi connectivity index (χ3v) is 3.54. The van der Waals surface area contributed by atoms with Crippen molar-refractivity contribution >= 4 is 10.4 Å². The highest BCUT2D eigenvalue weighted by atomic mass is 32.3. The number of rotatable bonds is 9. The van der Waals surface area contributed by atoms with Crippen LogP contribution in [0, 0.1) is 0 Å². The van der Waals surface area contributed by atoms with Gasteiger partial charge in [-0.1, -0.05) is 49.4 Å². The molecular weight excluding hydrogens is 314 g/mol. The summed E-state index contributed by atoms with van der Waals surface area (Å²) in [6.07, 6.45) is 5.01. The zero-order chi connectivity index (χ0) is 17.7. The van der Waals surface area contributed by atoms with E-state index in [-0.39, 0.29) is 6.61 Å². The van der Waals surface area contributed by atoms with Crippen LogP contribution in [0.3, 0.4) is 0 Å². The Labute approximate surface area is 140 Å². The highest BCUT2D eigenvalue weighted by Crippen LogP contribution is 2.23. The third-order valence-electron chi connectivity index (χ3n) is 3.01. The zero-order valence-electron chi connectivity index (χ0n) is 13.9. The van der Waals surface area contributed by atoms with E-state index >= 15 is 0 Å². The fraction of sp³-hybridized carbons (Fsp3) is 0.412. The van der Waals surface area contributed by atoms with E-state index in [0.717, 1.165) is 19.5 Å². The normalized spacial score (nSPS) is 12.2. The van der Waals surface area contributed by atoms with Gasteiger partial charge in [-0.3, -0.25) is 9.45 Å². The maximum Gasteiger partial charge on any atom is 0.397 e. The largest absolute Gasteiger partial charge is 0.397 e. The first-order valence-electron chi connectivity index (χ1n) is 7.52. The summed E-state index contributed by atoms with van der Waals surface area (Å²) >= 11 is 0. The lowest BCUT2D eigenvalue weighted by molar-refractivity contribution is 0.237. The zero-order valence-corrected chi connectivity index (χ0v) is 14.7. The predicted molar refractivity (Wildman–Crippen MR) is 94.6 cm³/mol. The molecule has 1 unspecified atom stereocenters. The Morgan fingerprint density at radius 1 is 1.17 bits per heavy atom. The SMILES string of the molecule is C=CCN(CC=C)C(CC)c1ccccc1.CCOS(=O)(=O)O. The van der Waals surface area contributed by atoms with Gasteiger partial charge >= 0.3 is 10.4 Å². The minimum atomic E-state index is -4.17. The summed E-state index contributed by atoms with van der Waals surface area (Å²) in [4.78, 5) is 2.38. The molecule has 1 rings (SSSR count). The summed E-state index contributed by atoms with van der Waals surface area (Å²) in [5, 5.41) is 0. The van der Waals surface area contributed by atoms with Crippen LogP contribution in [0.15, 0.2) is 55.6 Å². The van der Waals surface area contributed by atoms with Crippen LogP contribution in [0.4, 0.5) is 0 Å². The molecule has 6 heteroatoms. The van der Waals surface area contributed by atoms with E-state index in [1.165, 1.54) is 12.5 Å². The van der Waals surface area contributed by atoms with Gasteiger partial charge in [0, 0.05) is 19.1 Å². The summed E-state index contributed by atoms with van der Waals surface area (Å²) < 4.78 is 30.7. The van der Waals surface area contributed by atoms with Crippen LogP contribution in [0.2, 0.25) is 0 Å². The van der Waals surface area contributed by atoms with Gasteiger partial charge in [-0.15, -0.1) is 13.2 Å². The van der Waals surface area contributed by atoms with Crippen molar-refractivity contribution in [3.63, 3.8) is 0 Å². The molecule has 0 saturated carbocycles. The van der Waals surface area contributed by atoms with Gasteiger partial charge < -0.3 is 0 Å². The van der Waals surface area contributed by atoms with E-state index in [4.69, 9.17) is 4.55 Å². The fourth-order valence-electron chi connectivity index (χ4n) is 2.19. The van der Waals surface area contributed by atoms with E-state index in [1.54, 1.807) is 0 Å². The topological polar surface area (TPSA) is 66.8 Å². The van der Waals surface area contributed by atoms with Gasteiger partial charge in [-0.2, -0.15) is 8.42 Å². The van der Waals surface area contributed by atoms with Crippen molar-refractivity contribution in [2.75, 3.05) is 19.7 Å². The molecule has 0 aliphatic heterocycles. The Kier molecular flexibility index (Phi) is 11.2. The predicted octanol–water partition coefficient (Wildman–Crippen LogP) is 3.64. The first-order chi connectivity index (χ1) is 10.9. The van der Waals surface area contributed by atoms with E-state index in [0.29, 0.717) is 6.04 Å². The van der Waals surface area contributed by atoms with Crippen molar-refractivity contribution in [3.05, 3.63) is 61.2 Å². The van der Waals surface area contributed by atoms with E-state index in [9.17, 15) is 8.42 Å². The molecule has 1 aromatic rings. The molecule has 0 heterocycles. The second-order valence-corrected chi connectivity index (χ2v) is 5.79. The second kappa shape index (κ2) is 12.0. The summed E-state index contributed by atoms with van der Waals surface area (Å²) in [6, 6.07) is 11.1. The average Bonchev–Trinajstić information content (AvgIpc) is 2.49.